The molecule has 16 heavy (non-hydrogen) atoms. The average Bonchev–Trinajstić information content (AvgIpc) is 2.34. The van der Waals surface area contributed by atoms with E-state index in [9.17, 15) is 0 Å². The first-order valence-electron chi connectivity index (χ1n) is 5.61. The number of hydrogen-bond donors (Lipinski definition) is 3. The van der Waals surface area contributed by atoms with Gasteiger partial charge in [0.05, 0.1) is 18.8 Å². The first-order chi connectivity index (χ1) is 7.64. The maximum atomic E-state index is 9.12. The molecule has 0 saturated heterocycles. The molecule has 2 unspecified atom stereocenters. The highest BCUT2D eigenvalue weighted by atomic mass is 32.2. The van der Waals surface area contributed by atoms with E-state index in [0.717, 1.165) is 25.0 Å². The summed E-state index contributed by atoms with van der Waals surface area (Å²) in [6.45, 7) is 1.82. The molecular formula is C11H22N2O2S. The molecule has 0 aromatic heterocycles. The van der Waals surface area contributed by atoms with Crippen LogP contribution in [-0.2, 0) is 0 Å². The van der Waals surface area contributed by atoms with Crippen LogP contribution in [-0.4, -0.2) is 47.0 Å². The van der Waals surface area contributed by atoms with Gasteiger partial charge in [0, 0.05) is 5.75 Å². The molecule has 0 radical (unpaired) electrons. The van der Waals surface area contributed by atoms with Crippen LogP contribution in [0, 0.1) is 11.3 Å². The number of nitrogens with zero attached hydrogens (tertiary/aromatic N) is 1. The molecule has 0 aliphatic rings. The summed E-state index contributed by atoms with van der Waals surface area (Å²) in [5, 5.41) is 29.9. The van der Waals surface area contributed by atoms with Gasteiger partial charge in [-0.3, -0.25) is 0 Å². The highest BCUT2D eigenvalue weighted by molar-refractivity contribution is 7.99. The van der Waals surface area contributed by atoms with Gasteiger partial charge >= 0.3 is 0 Å². The summed E-state index contributed by atoms with van der Waals surface area (Å²) < 4.78 is 0. The summed E-state index contributed by atoms with van der Waals surface area (Å²) in [5.74, 6) is 1.46. The van der Waals surface area contributed by atoms with Gasteiger partial charge in [0.2, 0.25) is 0 Å². The molecule has 0 aliphatic carbocycles. The number of nitriles is 1. The third-order valence-electron chi connectivity index (χ3n) is 2.71. The van der Waals surface area contributed by atoms with Crippen molar-refractivity contribution in [1.29, 1.82) is 5.26 Å². The number of thioether (sulfide) groups is 1. The largest absolute Gasteiger partial charge is 0.394 e. The summed E-state index contributed by atoms with van der Waals surface area (Å²) in [4.78, 5) is 0. The first-order valence-corrected chi connectivity index (χ1v) is 6.76. The lowest BCUT2D eigenvalue weighted by atomic mass is 9.93. The van der Waals surface area contributed by atoms with Crippen LogP contribution in [0.4, 0.5) is 0 Å². The van der Waals surface area contributed by atoms with Crippen molar-refractivity contribution in [3.63, 3.8) is 0 Å². The zero-order chi connectivity index (χ0) is 12.4. The molecule has 0 spiro atoms. The minimum absolute atomic E-state index is 0.180. The van der Waals surface area contributed by atoms with E-state index in [0.29, 0.717) is 5.75 Å². The van der Waals surface area contributed by atoms with Gasteiger partial charge in [0.25, 0.3) is 0 Å². The summed E-state index contributed by atoms with van der Waals surface area (Å²) in [6, 6.07) is 2.32. The van der Waals surface area contributed by atoms with E-state index in [2.05, 4.69) is 11.4 Å². The van der Waals surface area contributed by atoms with Gasteiger partial charge in [-0.1, -0.05) is 6.92 Å². The molecule has 0 bridgehead atoms. The molecule has 0 saturated carbocycles. The lowest BCUT2D eigenvalue weighted by molar-refractivity contribution is 0.113. The van der Waals surface area contributed by atoms with Gasteiger partial charge in [-0.25, -0.2) is 0 Å². The van der Waals surface area contributed by atoms with E-state index in [1.54, 1.807) is 11.8 Å². The second-order valence-electron chi connectivity index (χ2n) is 3.81. The van der Waals surface area contributed by atoms with Crippen LogP contribution >= 0.6 is 11.8 Å². The summed E-state index contributed by atoms with van der Waals surface area (Å²) in [5.41, 5.74) is -0.407. The highest BCUT2D eigenvalue weighted by Crippen LogP contribution is 2.18. The molecule has 94 valence electrons. The Kier molecular flexibility index (Phi) is 8.67. The van der Waals surface area contributed by atoms with Crippen molar-refractivity contribution in [3.8, 4) is 6.07 Å². The molecule has 0 aliphatic heterocycles. The van der Waals surface area contributed by atoms with Crippen molar-refractivity contribution in [3.05, 3.63) is 0 Å². The number of aliphatic hydroxyl groups excluding tert-OH is 2. The fourth-order valence-electron chi connectivity index (χ4n) is 1.42. The van der Waals surface area contributed by atoms with Crippen molar-refractivity contribution in [2.45, 2.75) is 37.8 Å². The third kappa shape index (κ3) is 5.71. The topological polar surface area (TPSA) is 76.3 Å². The Morgan fingerprint density at radius 2 is 2.25 bits per heavy atom. The predicted octanol–water partition coefficient (Wildman–Crippen LogP) is 0.745. The van der Waals surface area contributed by atoms with E-state index in [4.69, 9.17) is 15.5 Å². The van der Waals surface area contributed by atoms with Crippen LogP contribution in [0.1, 0.15) is 26.2 Å². The Bertz CT molecular complexity index is 215. The molecule has 0 aromatic rings. The normalized spacial score (nSPS) is 16.4. The first kappa shape index (κ1) is 15.7. The molecule has 2 atom stereocenters. The summed E-state index contributed by atoms with van der Waals surface area (Å²) in [6.07, 6.45) is 1.93. The predicted molar refractivity (Wildman–Crippen MR) is 67.3 cm³/mol. The zero-order valence-electron chi connectivity index (χ0n) is 10.1. The number of nitrogens with one attached hydrogen (secondary N) is 1. The fourth-order valence-corrected chi connectivity index (χ4v) is 2.31. The number of rotatable bonds is 9. The Balaban J connectivity index is 3.68. The number of aliphatic hydroxyl groups is 2. The molecule has 0 rings (SSSR count). The van der Waals surface area contributed by atoms with Crippen molar-refractivity contribution in [2.24, 2.45) is 0 Å². The van der Waals surface area contributed by atoms with Gasteiger partial charge in [0.1, 0.15) is 5.54 Å². The lowest BCUT2D eigenvalue weighted by Gasteiger charge is -2.24. The molecular weight excluding hydrogens is 224 g/mol. The number of hydrogen-bond acceptors (Lipinski definition) is 5. The molecule has 0 heterocycles. The Morgan fingerprint density at radius 3 is 2.69 bits per heavy atom. The van der Waals surface area contributed by atoms with Crippen LogP contribution < -0.4 is 5.32 Å². The van der Waals surface area contributed by atoms with Crippen molar-refractivity contribution in [1.82, 2.24) is 5.32 Å². The van der Waals surface area contributed by atoms with Crippen LogP contribution in [0.25, 0.3) is 0 Å². The van der Waals surface area contributed by atoms with Crippen LogP contribution in [0.5, 0.6) is 0 Å². The van der Waals surface area contributed by atoms with E-state index >= 15 is 0 Å². The Hall–Kier alpha value is -0.280. The smallest absolute Gasteiger partial charge is 0.106 e. The summed E-state index contributed by atoms with van der Waals surface area (Å²) in [7, 11) is 1.81. The standard InChI is InChI=1S/C11H22N2O2S/c1-3-11(9-12,13-2)5-4-6-16-8-10(15)7-14/h10,13-15H,3-8H2,1-2H3. The van der Waals surface area contributed by atoms with Gasteiger partial charge in [0.15, 0.2) is 0 Å². The van der Waals surface area contributed by atoms with Crippen LogP contribution in [0.3, 0.4) is 0 Å². The molecule has 5 heteroatoms. The average molecular weight is 246 g/mol. The monoisotopic (exact) mass is 246 g/mol. The molecule has 0 amide bonds. The van der Waals surface area contributed by atoms with Crippen molar-refractivity contribution in [2.75, 3.05) is 25.2 Å². The second-order valence-corrected chi connectivity index (χ2v) is 4.96. The summed E-state index contributed by atoms with van der Waals surface area (Å²) >= 11 is 1.61. The Labute approximate surface area is 102 Å². The zero-order valence-corrected chi connectivity index (χ0v) is 10.9. The van der Waals surface area contributed by atoms with E-state index in [1.807, 2.05) is 14.0 Å². The molecule has 4 nitrogen and oxygen atoms in total. The molecule has 0 fully saturated rings. The quantitative estimate of drug-likeness (QED) is 0.523. The fraction of sp³-hybridized carbons (Fsp3) is 0.909. The van der Waals surface area contributed by atoms with Gasteiger partial charge in [-0.15, -0.1) is 0 Å². The molecule has 0 aromatic carbocycles. The van der Waals surface area contributed by atoms with Crippen LogP contribution in [0.2, 0.25) is 0 Å². The van der Waals surface area contributed by atoms with Gasteiger partial charge < -0.3 is 15.5 Å². The van der Waals surface area contributed by atoms with Crippen LogP contribution in [0.15, 0.2) is 0 Å². The van der Waals surface area contributed by atoms with E-state index in [1.165, 1.54) is 0 Å². The maximum Gasteiger partial charge on any atom is 0.106 e. The van der Waals surface area contributed by atoms with Gasteiger partial charge in [-0.2, -0.15) is 17.0 Å². The SMILES string of the molecule is CCC(C#N)(CCCSCC(O)CO)NC. The minimum atomic E-state index is -0.624. The van der Waals surface area contributed by atoms with E-state index in [-0.39, 0.29) is 6.61 Å². The third-order valence-corrected chi connectivity index (χ3v) is 3.91. The van der Waals surface area contributed by atoms with Crippen molar-refractivity contribution < 1.29 is 10.2 Å². The second kappa shape index (κ2) is 8.82. The minimum Gasteiger partial charge on any atom is -0.394 e. The molecule has 3 N–H and O–H groups in total. The van der Waals surface area contributed by atoms with Crippen molar-refractivity contribution >= 4 is 11.8 Å². The lowest BCUT2D eigenvalue weighted by Crippen LogP contribution is -2.40. The Morgan fingerprint density at radius 1 is 1.56 bits per heavy atom. The highest BCUT2D eigenvalue weighted by Gasteiger charge is 2.24. The maximum absolute atomic E-state index is 9.12. The van der Waals surface area contributed by atoms with E-state index < -0.39 is 11.6 Å². The van der Waals surface area contributed by atoms with Gasteiger partial charge in [-0.05, 0) is 32.1 Å².